The molecular weight excluding hydrogens is 286 g/mol. The molecule has 0 saturated heterocycles. The maximum absolute atomic E-state index is 10.6. The third-order valence-corrected chi connectivity index (χ3v) is 5.91. The van der Waals surface area contributed by atoms with Crippen molar-refractivity contribution in [3.63, 3.8) is 0 Å². The average Bonchev–Trinajstić information content (AvgIpc) is 2.88. The fourth-order valence-electron chi connectivity index (χ4n) is 4.63. The highest BCUT2D eigenvalue weighted by Crippen LogP contribution is 2.58. The van der Waals surface area contributed by atoms with Crippen LogP contribution in [0.15, 0.2) is 17.7 Å². The number of nitrogens with zero attached hydrogens (tertiary/aromatic N) is 3. The molecule has 3 rings (SSSR count). The number of fused-ring (bicyclic) bond motifs is 3. The van der Waals surface area contributed by atoms with Crippen molar-refractivity contribution in [1.82, 2.24) is 9.78 Å². The van der Waals surface area contributed by atoms with Crippen LogP contribution in [0.3, 0.4) is 0 Å². The van der Waals surface area contributed by atoms with Crippen molar-refractivity contribution in [3.8, 4) is 0 Å². The van der Waals surface area contributed by atoms with Crippen LogP contribution >= 0.6 is 0 Å². The zero-order valence-electron chi connectivity index (χ0n) is 15.1. The molecule has 0 aliphatic heterocycles. The Kier molecular flexibility index (Phi) is 3.24. The second kappa shape index (κ2) is 4.63. The lowest BCUT2D eigenvalue weighted by atomic mass is 9.53. The van der Waals surface area contributed by atoms with Crippen LogP contribution < -0.4 is 0 Å². The Hall–Kier alpha value is -1.76. The molecule has 0 amide bonds. The SMILES string of the molecule is [C-]#[N+]C1=C(O)C(C)(C)[C@@H]2CCc3cn(C(C)(C)C)nc3[C@@]2(C)C1. The number of hydrogen-bond donors (Lipinski definition) is 1. The standard InChI is InChI=1S/C19H27N3O/c1-17(2,3)22-11-12-8-9-14-18(4,5)16(23)13(20-7)10-19(14,6)15(12)21-22/h11,14,23H,8-10H2,1-6H3/t14-,19-/m0/s1. The highest BCUT2D eigenvalue weighted by Gasteiger charge is 2.54. The summed E-state index contributed by atoms with van der Waals surface area (Å²) in [6.45, 7) is 20.3. The molecule has 1 aromatic heterocycles. The Morgan fingerprint density at radius 3 is 2.57 bits per heavy atom. The Bertz CT molecular complexity index is 727. The Labute approximate surface area is 139 Å². The van der Waals surface area contributed by atoms with Crippen LogP contribution in [0.4, 0.5) is 0 Å². The smallest absolute Gasteiger partial charge is 0.203 e. The van der Waals surface area contributed by atoms with Gasteiger partial charge in [0.1, 0.15) is 5.76 Å². The zero-order valence-corrected chi connectivity index (χ0v) is 15.1. The van der Waals surface area contributed by atoms with Crippen LogP contribution in [-0.2, 0) is 17.4 Å². The van der Waals surface area contributed by atoms with E-state index in [1.807, 2.05) is 0 Å². The number of aromatic nitrogens is 2. The molecule has 2 atom stereocenters. The van der Waals surface area contributed by atoms with Gasteiger partial charge in [0.15, 0.2) is 0 Å². The highest BCUT2D eigenvalue weighted by molar-refractivity contribution is 5.39. The Balaban J connectivity index is 2.18. The van der Waals surface area contributed by atoms with Gasteiger partial charge in [-0.15, -0.1) is 0 Å². The molecule has 124 valence electrons. The lowest BCUT2D eigenvalue weighted by Gasteiger charge is -2.51. The first kappa shape index (κ1) is 16.1. The minimum Gasteiger partial charge on any atom is -0.523 e. The molecule has 2 aliphatic carbocycles. The van der Waals surface area contributed by atoms with E-state index < -0.39 is 0 Å². The number of aliphatic hydroxyl groups is 1. The van der Waals surface area contributed by atoms with Gasteiger partial charge in [-0.05, 0) is 51.5 Å². The van der Waals surface area contributed by atoms with E-state index in [1.54, 1.807) is 0 Å². The van der Waals surface area contributed by atoms with Gasteiger partial charge in [-0.25, -0.2) is 4.85 Å². The van der Waals surface area contributed by atoms with Gasteiger partial charge >= 0.3 is 0 Å². The second-order valence-corrected chi connectivity index (χ2v) is 8.93. The normalized spacial score (nSPS) is 29.7. The second-order valence-electron chi connectivity index (χ2n) is 8.93. The molecule has 0 aromatic carbocycles. The molecule has 1 aromatic rings. The van der Waals surface area contributed by atoms with Gasteiger partial charge in [0, 0.05) is 17.0 Å². The van der Waals surface area contributed by atoms with Crippen molar-refractivity contribution in [2.75, 3.05) is 0 Å². The van der Waals surface area contributed by atoms with Crippen molar-refractivity contribution < 1.29 is 5.11 Å². The fraction of sp³-hybridized carbons (Fsp3) is 0.684. The van der Waals surface area contributed by atoms with E-state index >= 15 is 0 Å². The lowest BCUT2D eigenvalue weighted by Crippen LogP contribution is -2.49. The van der Waals surface area contributed by atoms with Crippen molar-refractivity contribution in [1.29, 1.82) is 0 Å². The van der Waals surface area contributed by atoms with Gasteiger partial charge in [0.2, 0.25) is 5.70 Å². The third kappa shape index (κ3) is 2.13. The molecule has 23 heavy (non-hydrogen) atoms. The predicted octanol–water partition coefficient (Wildman–Crippen LogP) is 4.58. The minimum absolute atomic E-state index is 0.0476. The molecule has 2 aliphatic rings. The van der Waals surface area contributed by atoms with E-state index in [2.05, 4.69) is 57.3 Å². The van der Waals surface area contributed by atoms with Crippen molar-refractivity contribution in [3.05, 3.63) is 40.3 Å². The van der Waals surface area contributed by atoms with Crippen LogP contribution in [-0.4, -0.2) is 14.9 Å². The molecule has 0 bridgehead atoms. The first-order chi connectivity index (χ1) is 10.5. The molecular formula is C19H27N3O. The van der Waals surface area contributed by atoms with Gasteiger partial charge in [-0.2, -0.15) is 5.10 Å². The van der Waals surface area contributed by atoms with Gasteiger partial charge in [0.25, 0.3) is 0 Å². The van der Waals surface area contributed by atoms with Crippen molar-refractivity contribution in [2.24, 2.45) is 11.3 Å². The third-order valence-electron chi connectivity index (χ3n) is 5.91. The number of aliphatic hydroxyl groups excluding tert-OH is 1. The number of aryl methyl sites for hydroxylation is 1. The van der Waals surface area contributed by atoms with Gasteiger partial charge in [-0.1, -0.05) is 20.8 Å². The molecule has 0 saturated carbocycles. The predicted molar refractivity (Wildman–Crippen MR) is 91.0 cm³/mol. The van der Waals surface area contributed by atoms with Gasteiger partial charge < -0.3 is 5.11 Å². The summed E-state index contributed by atoms with van der Waals surface area (Å²) >= 11 is 0. The fourth-order valence-corrected chi connectivity index (χ4v) is 4.63. The summed E-state index contributed by atoms with van der Waals surface area (Å²) in [6, 6.07) is 0. The number of allylic oxidation sites excluding steroid dienone is 2. The number of rotatable bonds is 0. The largest absolute Gasteiger partial charge is 0.523 e. The Morgan fingerprint density at radius 1 is 1.35 bits per heavy atom. The van der Waals surface area contributed by atoms with Gasteiger partial charge in [0.05, 0.1) is 17.8 Å². The minimum atomic E-state index is -0.379. The molecule has 0 spiro atoms. The van der Waals surface area contributed by atoms with Gasteiger partial charge in [-0.3, -0.25) is 4.68 Å². The summed E-state index contributed by atoms with van der Waals surface area (Å²) in [6.07, 6.45) is 4.79. The first-order valence-corrected chi connectivity index (χ1v) is 8.41. The van der Waals surface area contributed by atoms with Crippen molar-refractivity contribution >= 4 is 0 Å². The summed E-state index contributed by atoms with van der Waals surface area (Å²) < 4.78 is 2.06. The average molecular weight is 313 g/mol. The molecule has 4 heteroatoms. The summed E-state index contributed by atoms with van der Waals surface area (Å²) in [5, 5.41) is 15.5. The summed E-state index contributed by atoms with van der Waals surface area (Å²) in [7, 11) is 0. The van der Waals surface area contributed by atoms with E-state index in [4.69, 9.17) is 11.7 Å². The maximum atomic E-state index is 10.6. The maximum Gasteiger partial charge on any atom is 0.203 e. The molecule has 0 radical (unpaired) electrons. The lowest BCUT2D eigenvalue weighted by molar-refractivity contribution is 0.0624. The van der Waals surface area contributed by atoms with Crippen LogP contribution in [0.1, 0.15) is 65.6 Å². The quantitative estimate of drug-likeness (QED) is 0.713. The molecule has 1 heterocycles. The van der Waals surface area contributed by atoms with Crippen LogP contribution in [0.25, 0.3) is 4.85 Å². The van der Waals surface area contributed by atoms with E-state index in [0.29, 0.717) is 18.0 Å². The molecule has 1 N–H and O–H groups in total. The first-order valence-electron chi connectivity index (χ1n) is 8.41. The van der Waals surface area contributed by atoms with Crippen LogP contribution in [0.2, 0.25) is 0 Å². The topological polar surface area (TPSA) is 42.4 Å². The van der Waals surface area contributed by atoms with E-state index in [0.717, 1.165) is 18.5 Å². The van der Waals surface area contributed by atoms with E-state index in [1.165, 1.54) is 5.56 Å². The summed E-state index contributed by atoms with van der Waals surface area (Å²) in [5.41, 5.74) is 2.33. The molecule has 0 unspecified atom stereocenters. The Morgan fingerprint density at radius 2 is 2.00 bits per heavy atom. The molecule has 0 fully saturated rings. The van der Waals surface area contributed by atoms with E-state index in [-0.39, 0.29) is 22.1 Å². The monoisotopic (exact) mass is 313 g/mol. The highest BCUT2D eigenvalue weighted by atomic mass is 16.3. The van der Waals surface area contributed by atoms with E-state index in [9.17, 15) is 5.11 Å². The zero-order chi connectivity index (χ0) is 17.2. The molecule has 4 nitrogen and oxygen atoms in total. The summed E-state index contributed by atoms with van der Waals surface area (Å²) in [5.74, 6) is 0.588. The van der Waals surface area contributed by atoms with Crippen LogP contribution in [0.5, 0.6) is 0 Å². The summed E-state index contributed by atoms with van der Waals surface area (Å²) in [4.78, 5) is 3.63. The van der Waals surface area contributed by atoms with Crippen LogP contribution in [0, 0.1) is 17.9 Å². The van der Waals surface area contributed by atoms with Crippen molar-refractivity contribution in [2.45, 2.75) is 71.8 Å². The number of hydrogen-bond acceptors (Lipinski definition) is 2.